The van der Waals surface area contributed by atoms with Crippen LogP contribution in [-0.4, -0.2) is 24.3 Å². The second-order valence-corrected chi connectivity index (χ2v) is 5.42. The number of carbonyl (C=O) groups excluding carboxylic acids is 1. The van der Waals surface area contributed by atoms with Gasteiger partial charge in [-0.1, -0.05) is 26.0 Å². The molecule has 22 heavy (non-hydrogen) atoms. The van der Waals surface area contributed by atoms with E-state index < -0.39 is 5.09 Å². The van der Waals surface area contributed by atoms with Gasteiger partial charge in [0.25, 0.3) is 5.09 Å². The van der Waals surface area contributed by atoms with E-state index >= 15 is 0 Å². The summed E-state index contributed by atoms with van der Waals surface area (Å²) >= 11 is 0. The Labute approximate surface area is 130 Å². The van der Waals surface area contributed by atoms with Crippen molar-refractivity contribution in [2.75, 3.05) is 18.5 Å². The molecule has 1 aromatic carbocycles. The highest BCUT2D eigenvalue weighted by atomic mass is 16.9. The average Bonchev–Trinajstić information content (AvgIpc) is 2.45. The Morgan fingerprint density at radius 3 is 2.86 bits per heavy atom. The first-order valence-corrected chi connectivity index (χ1v) is 7.38. The van der Waals surface area contributed by atoms with Gasteiger partial charge in [0.2, 0.25) is 0 Å². The topological polar surface area (TPSA) is 93.5 Å². The average molecular weight is 309 g/mol. The molecular formula is C15H23N3O4. The molecule has 2 amide bonds. The van der Waals surface area contributed by atoms with E-state index in [9.17, 15) is 14.9 Å². The second kappa shape index (κ2) is 9.59. The highest BCUT2D eigenvalue weighted by molar-refractivity contribution is 5.89. The third kappa shape index (κ3) is 8.08. The van der Waals surface area contributed by atoms with Crippen LogP contribution in [-0.2, 0) is 11.3 Å². The molecular weight excluding hydrogens is 286 g/mol. The van der Waals surface area contributed by atoms with Gasteiger partial charge in [-0.25, -0.2) is 4.79 Å². The molecule has 1 rings (SSSR count). The lowest BCUT2D eigenvalue weighted by molar-refractivity contribution is -0.757. The first-order valence-electron chi connectivity index (χ1n) is 7.38. The van der Waals surface area contributed by atoms with Crippen LogP contribution in [0.2, 0.25) is 0 Å². The van der Waals surface area contributed by atoms with Crippen molar-refractivity contribution in [2.24, 2.45) is 5.92 Å². The molecule has 0 aromatic heterocycles. The fourth-order valence-corrected chi connectivity index (χ4v) is 1.85. The number of nitrogens with zero attached hydrogens (tertiary/aromatic N) is 1. The Hall–Kier alpha value is -2.31. The van der Waals surface area contributed by atoms with E-state index in [1.807, 2.05) is 24.3 Å². The Kier molecular flexibility index (Phi) is 7.74. The molecule has 0 bridgehead atoms. The zero-order valence-corrected chi connectivity index (χ0v) is 13.0. The maximum absolute atomic E-state index is 11.7. The molecule has 0 saturated heterocycles. The molecule has 0 fully saturated rings. The van der Waals surface area contributed by atoms with Gasteiger partial charge in [0.05, 0.1) is 6.61 Å². The van der Waals surface area contributed by atoms with Gasteiger partial charge in [-0.2, -0.15) is 0 Å². The lowest BCUT2D eigenvalue weighted by Crippen LogP contribution is -2.30. The molecule has 0 atom stereocenters. The number of hydrogen-bond acceptors (Lipinski definition) is 4. The molecule has 0 aliphatic carbocycles. The Morgan fingerprint density at radius 1 is 1.41 bits per heavy atom. The number of carbonyl (C=O) groups is 1. The normalized spacial score (nSPS) is 10.3. The molecule has 1 aromatic rings. The van der Waals surface area contributed by atoms with Gasteiger partial charge in [0.1, 0.15) is 0 Å². The van der Waals surface area contributed by atoms with Crippen LogP contribution in [0.3, 0.4) is 0 Å². The Balaban J connectivity index is 2.31. The zero-order chi connectivity index (χ0) is 16.4. The van der Waals surface area contributed by atoms with Crippen LogP contribution in [0.15, 0.2) is 24.3 Å². The van der Waals surface area contributed by atoms with Gasteiger partial charge < -0.3 is 15.5 Å². The quantitative estimate of drug-likeness (QED) is 0.416. The molecule has 0 aliphatic rings. The number of anilines is 1. The third-order valence-corrected chi connectivity index (χ3v) is 3.00. The Bertz CT molecular complexity index is 491. The molecule has 0 spiro atoms. The number of benzene rings is 1. The molecule has 7 heteroatoms. The standard InChI is InChI=1S/C15H23N3O4/c1-12(2)7-8-13-5-3-6-14(11-13)17-15(19)16-9-4-10-22-18(20)21/h3,5-6,11-12H,4,7-10H2,1-2H3,(H2,16,17,19). The summed E-state index contributed by atoms with van der Waals surface area (Å²) in [5.74, 6) is 0.640. The number of aryl methyl sites for hydroxylation is 1. The van der Waals surface area contributed by atoms with Crippen LogP contribution in [0.5, 0.6) is 0 Å². The molecule has 0 saturated carbocycles. The minimum Gasteiger partial charge on any atom is -0.338 e. The zero-order valence-electron chi connectivity index (χ0n) is 13.0. The summed E-state index contributed by atoms with van der Waals surface area (Å²) in [4.78, 5) is 25.8. The van der Waals surface area contributed by atoms with Crippen LogP contribution in [0, 0.1) is 16.0 Å². The summed E-state index contributed by atoms with van der Waals surface area (Å²) in [7, 11) is 0. The number of urea groups is 1. The molecule has 0 aliphatic heterocycles. The van der Waals surface area contributed by atoms with Crippen molar-refractivity contribution in [3.8, 4) is 0 Å². The summed E-state index contributed by atoms with van der Waals surface area (Å²) in [5, 5.41) is 14.5. The van der Waals surface area contributed by atoms with Crippen LogP contribution in [0.1, 0.15) is 32.3 Å². The van der Waals surface area contributed by atoms with E-state index in [0.29, 0.717) is 18.9 Å². The van der Waals surface area contributed by atoms with E-state index in [0.717, 1.165) is 18.5 Å². The molecule has 7 nitrogen and oxygen atoms in total. The number of hydrogen-bond donors (Lipinski definition) is 2. The van der Waals surface area contributed by atoms with Gasteiger partial charge in [-0.15, -0.1) is 10.1 Å². The van der Waals surface area contributed by atoms with Gasteiger partial charge >= 0.3 is 6.03 Å². The van der Waals surface area contributed by atoms with Crippen molar-refractivity contribution >= 4 is 11.7 Å². The van der Waals surface area contributed by atoms with Crippen LogP contribution >= 0.6 is 0 Å². The SMILES string of the molecule is CC(C)CCc1cccc(NC(=O)NCCCO[N+](=O)[O-])c1. The molecule has 2 N–H and O–H groups in total. The fraction of sp³-hybridized carbons (Fsp3) is 0.533. The van der Waals surface area contributed by atoms with E-state index in [1.54, 1.807) is 0 Å². The third-order valence-electron chi connectivity index (χ3n) is 3.00. The highest BCUT2D eigenvalue weighted by Crippen LogP contribution is 2.14. The largest absolute Gasteiger partial charge is 0.338 e. The highest BCUT2D eigenvalue weighted by Gasteiger charge is 2.03. The van der Waals surface area contributed by atoms with Gasteiger partial charge in [-0.3, -0.25) is 0 Å². The van der Waals surface area contributed by atoms with Crippen molar-refractivity contribution in [1.82, 2.24) is 5.32 Å². The summed E-state index contributed by atoms with van der Waals surface area (Å²) in [6.07, 6.45) is 2.46. The lowest BCUT2D eigenvalue weighted by atomic mass is 10.0. The molecule has 0 heterocycles. The van der Waals surface area contributed by atoms with E-state index in [2.05, 4.69) is 29.3 Å². The van der Waals surface area contributed by atoms with Crippen molar-refractivity contribution in [2.45, 2.75) is 33.1 Å². The molecule has 0 radical (unpaired) electrons. The second-order valence-electron chi connectivity index (χ2n) is 5.42. The minimum atomic E-state index is -0.845. The van der Waals surface area contributed by atoms with Gasteiger partial charge in [0.15, 0.2) is 0 Å². The predicted octanol–water partition coefficient (Wildman–Crippen LogP) is 3.00. The van der Waals surface area contributed by atoms with E-state index in [-0.39, 0.29) is 12.6 Å². The maximum atomic E-state index is 11.7. The summed E-state index contributed by atoms with van der Waals surface area (Å²) in [5.41, 5.74) is 1.92. The van der Waals surface area contributed by atoms with Crippen molar-refractivity contribution in [3.63, 3.8) is 0 Å². The fourth-order valence-electron chi connectivity index (χ4n) is 1.85. The summed E-state index contributed by atoms with van der Waals surface area (Å²) in [6.45, 7) is 4.64. The smallest absolute Gasteiger partial charge is 0.319 e. The minimum absolute atomic E-state index is 0.0298. The molecule has 0 unspecified atom stereocenters. The number of nitrogens with one attached hydrogen (secondary N) is 2. The van der Waals surface area contributed by atoms with Crippen molar-refractivity contribution < 1.29 is 14.7 Å². The van der Waals surface area contributed by atoms with Gasteiger partial charge in [-0.05, 0) is 42.9 Å². The monoisotopic (exact) mass is 309 g/mol. The number of amides is 2. The van der Waals surface area contributed by atoms with Gasteiger partial charge in [0, 0.05) is 12.2 Å². The Morgan fingerprint density at radius 2 is 2.18 bits per heavy atom. The van der Waals surface area contributed by atoms with Crippen LogP contribution < -0.4 is 10.6 Å². The number of rotatable bonds is 9. The first-order chi connectivity index (χ1) is 10.5. The maximum Gasteiger partial charge on any atom is 0.319 e. The lowest BCUT2D eigenvalue weighted by Gasteiger charge is -2.09. The van der Waals surface area contributed by atoms with Crippen molar-refractivity contribution in [1.29, 1.82) is 0 Å². The summed E-state index contributed by atoms with van der Waals surface area (Å²) in [6, 6.07) is 7.41. The van der Waals surface area contributed by atoms with Crippen molar-refractivity contribution in [3.05, 3.63) is 39.9 Å². The molecule has 122 valence electrons. The predicted molar refractivity (Wildman–Crippen MR) is 84.2 cm³/mol. The van der Waals surface area contributed by atoms with E-state index in [4.69, 9.17) is 0 Å². The first kappa shape index (κ1) is 17.7. The van der Waals surface area contributed by atoms with Crippen LogP contribution in [0.25, 0.3) is 0 Å². The van der Waals surface area contributed by atoms with Crippen LogP contribution in [0.4, 0.5) is 10.5 Å². The van der Waals surface area contributed by atoms with E-state index in [1.165, 1.54) is 5.56 Å². The summed E-state index contributed by atoms with van der Waals surface area (Å²) < 4.78 is 0.